The maximum Gasteiger partial charge on any atom is 0.234 e. The summed E-state index contributed by atoms with van der Waals surface area (Å²) in [6, 6.07) is 18.3. The van der Waals surface area contributed by atoms with Crippen LogP contribution in [0.5, 0.6) is 0 Å². The Hall–Kier alpha value is -2.73. The lowest BCUT2D eigenvalue weighted by Gasteiger charge is -2.21. The topological polar surface area (TPSA) is 61.0 Å². The number of imidazole rings is 1. The van der Waals surface area contributed by atoms with Crippen LogP contribution in [0.15, 0.2) is 59.8 Å². The number of carbonyl (C=O) groups excluding carboxylic acids is 1. The normalized spacial score (nSPS) is 10.7. The van der Waals surface area contributed by atoms with Crippen molar-refractivity contribution >= 4 is 29.0 Å². The van der Waals surface area contributed by atoms with E-state index < -0.39 is 0 Å². The van der Waals surface area contributed by atoms with Crippen molar-refractivity contribution in [1.29, 1.82) is 0 Å². The standard InChI is InChI=1S/C23H28N4OS/c1-4-27(5-2)20-13-11-19(12-14-20)25-22(28)16-29-23-24-17(3)21(26-23)15-18-9-7-6-8-10-18/h6-14H,4-5,15-16H2,1-3H3,(H,24,26)(H,25,28). The van der Waals surface area contributed by atoms with Crippen LogP contribution in [0, 0.1) is 6.92 Å². The molecule has 5 nitrogen and oxygen atoms in total. The van der Waals surface area contributed by atoms with Crippen molar-refractivity contribution in [2.24, 2.45) is 0 Å². The number of amides is 1. The number of benzene rings is 2. The van der Waals surface area contributed by atoms with E-state index in [1.165, 1.54) is 23.0 Å². The van der Waals surface area contributed by atoms with E-state index in [0.717, 1.165) is 41.7 Å². The van der Waals surface area contributed by atoms with Crippen LogP contribution >= 0.6 is 11.8 Å². The number of hydrogen-bond donors (Lipinski definition) is 2. The predicted molar refractivity (Wildman–Crippen MR) is 122 cm³/mol. The molecule has 152 valence electrons. The van der Waals surface area contributed by atoms with E-state index in [1.54, 1.807) is 0 Å². The molecule has 0 aliphatic carbocycles. The van der Waals surface area contributed by atoms with Crippen LogP contribution in [0.25, 0.3) is 0 Å². The number of anilines is 2. The highest BCUT2D eigenvalue weighted by Gasteiger charge is 2.11. The molecule has 0 fully saturated rings. The number of hydrogen-bond acceptors (Lipinski definition) is 4. The molecule has 2 aromatic carbocycles. The number of aromatic amines is 1. The average Bonchev–Trinajstić information content (AvgIpc) is 3.08. The Kier molecular flexibility index (Phi) is 7.36. The molecular formula is C23H28N4OS. The third-order valence-corrected chi connectivity index (χ3v) is 5.67. The van der Waals surface area contributed by atoms with Crippen LogP contribution in [0.1, 0.15) is 30.8 Å². The van der Waals surface area contributed by atoms with Crippen LogP contribution in [-0.4, -0.2) is 34.7 Å². The third-order valence-electron chi connectivity index (χ3n) is 4.80. The van der Waals surface area contributed by atoms with Gasteiger partial charge in [0.15, 0.2) is 5.16 Å². The zero-order valence-electron chi connectivity index (χ0n) is 17.2. The number of nitrogens with one attached hydrogen (secondary N) is 2. The van der Waals surface area contributed by atoms with Crippen molar-refractivity contribution in [2.45, 2.75) is 32.3 Å². The molecule has 1 amide bonds. The average molecular weight is 409 g/mol. The number of aryl methyl sites for hydroxylation is 1. The van der Waals surface area contributed by atoms with Crippen molar-refractivity contribution in [3.05, 3.63) is 71.5 Å². The van der Waals surface area contributed by atoms with Gasteiger partial charge < -0.3 is 15.2 Å². The first-order valence-electron chi connectivity index (χ1n) is 9.96. The highest BCUT2D eigenvalue weighted by atomic mass is 32.2. The summed E-state index contributed by atoms with van der Waals surface area (Å²) in [5, 5.41) is 3.73. The highest BCUT2D eigenvalue weighted by molar-refractivity contribution is 7.99. The van der Waals surface area contributed by atoms with Crippen LogP contribution in [0.2, 0.25) is 0 Å². The quantitative estimate of drug-likeness (QED) is 0.495. The molecule has 0 bridgehead atoms. The lowest BCUT2D eigenvalue weighted by molar-refractivity contribution is -0.113. The van der Waals surface area contributed by atoms with Gasteiger partial charge in [0.1, 0.15) is 0 Å². The minimum atomic E-state index is -0.0377. The Balaban J connectivity index is 1.52. The molecule has 2 N–H and O–H groups in total. The van der Waals surface area contributed by atoms with E-state index in [0.29, 0.717) is 5.75 Å². The second-order valence-electron chi connectivity index (χ2n) is 6.83. The van der Waals surface area contributed by atoms with E-state index in [2.05, 4.69) is 46.2 Å². The number of H-pyrrole nitrogens is 1. The molecule has 0 spiro atoms. The van der Waals surface area contributed by atoms with Crippen LogP contribution in [0.3, 0.4) is 0 Å². The highest BCUT2D eigenvalue weighted by Crippen LogP contribution is 2.21. The fraction of sp³-hybridized carbons (Fsp3) is 0.304. The van der Waals surface area contributed by atoms with Gasteiger partial charge in [0.2, 0.25) is 5.91 Å². The molecule has 0 aliphatic heterocycles. The Morgan fingerprint density at radius 1 is 1.07 bits per heavy atom. The zero-order valence-corrected chi connectivity index (χ0v) is 18.1. The first-order valence-corrected chi connectivity index (χ1v) is 10.9. The molecule has 3 aromatic rings. The molecule has 0 atom stereocenters. The van der Waals surface area contributed by atoms with Gasteiger partial charge in [-0.1, -0.05) is 42.1 Å². The van der Waals surface area contributed by atoms with E-state index in [9.17, 15) is 4.79 Å². The summed E-state index contributed by atoms with van der Waals surface area (Å²) in [5.74, 6) is 0.277. The second kappa shape index (κ2) is 10.2. The molecule has 0 saturated carbocycles. The molecule has 1 heterocycles. The predicted octanol–water partition coefficient (Wildman–Crippen LogP) is 4.89. The van der Waals surface area contributed by atoms with Crippen LogP contribution in [-0.2, 0) is 11.2 Å². The maximum atomic E-state index is 12.3. The van der Waals surface area contributed by atoms with Gasteiger partial charge in [-0.3, -0.25) is 4.79 Å². The van der Waals surface area contributed by atoms with E-state index >= 15 is 0 Å². The Morgan fingerprint density at radius 3 is 2.41 bits per heavy atom. The molecular weight excluding hydrogens is 380 g/mol. The van der Waals surface area contributed by atoms with Gasteiger partial charge in [-0.15, -0.1) is 0 Å². The minimum absolute atomic E-state index is 0.0377. The van der Waals surface area contributed by atoms with Crippen molar-refractivity contribution in [1.82, 2.24) is 9.97 Å². The minimum Gasteiger partial charge on any atom is -0.372 e. The third kappa shape index (κ3) is 5.87. The Bertz CT molecular complexity index is 918. The van der Waals surface area contributed by atoms with Gasteiger partial charge in [-0.05, 0) is 50.6 Å². The molecule has 3 rings (SSSR count). The molecule has 0 aliphatic rings. The lowest BCUT2D eigenvalue weighted by Crippen LogP contribution is -2.21. The van der Waals surface area contributed by atoms with E-state index in [-0.39, 0.29) is 5.91 Å². The van der Waals surface area contributed by atoms with Gasteiger partial charge in [0, 0.05) is 36.6 Å². The molecule has 6 heteroatoms. The summed E-state index contributed by atoms with van der Waals surface area (Å²) >= 11 is 1.42. The second-order valence-corrected chi connectivity index (χ2v) is 7.80. The molecule has 0 radical (unpaired) electrons. The van der Waals surface area contributed by atoms with Crippen LogP contribution in [0.4, 0.5) is 11.4 Å². The number of aromatic nitrogens is 2. The van der Waals surface area contributed by atoms with Gasteiger partial charge in [0.25, 0.3) is 0 Å². The van der Waals surface area contributed by atoms with Crippen molar-refractivity contribution in [3.8, 4) is 0 Å². The zero-order chi connectivity index (χ0) is 20.6. The lowest BCUT2D eigenvalue weighted by atomic mass is 10.1. The van der Waals surface area contributed by atoms with Gasteiger partial charge in [0.05, 0.1) is 11.4 Å². The monoisotopic (exact) mass is 408 g/mol. The maximum absolute atomic E-state index is 12.3. The van der Waals surface area contributed by atoms with Crippen LogP contribution < -0.4 is 10.2 Å². The first kappa shape index (κ1) is 21.0. The van der Waals surface area contributed by atoms with Gasteiger partial charge in [-0.25, -0.2) is 4.98 Å². The first-order chi connectivity index (χ1) is 14.1. The largest absolute Gasteiger partial charge is 0.372 e. The SMILES string of the molecule is CCN(CC)c1ccc(NC(=O)CSc2nc(Cc3ccccc3)c(C)[nH]2)cc1. The molecule has 0 unspecified atom stereocenters. The molecule has 1 aromatic heterocycles. The number of thioether (sulfide) groups is 1. The van der Waals surface area contributed by atoms with Crippen molar-refractivity contribution < 1.29 is 4.79 Å². The van der Waals surface area contributed by atoms with E-state index in [4.69, 9.17) is 0 Å². The van der Waals surface area contributed by atoms with Gasteiger partial charge >= 0.3 is 0 Å². The fourth-order valence-electron chi connectivity index (χ4n) is 3.17. The number of rotatable bonds is 9. The summed E-state index contributed by atoms with van der Waals surface area (Å²) < 4.78 is 0. The summed E-state index contributed by atoms with van der Waals surface area (Å²) in [4.78, 5) is 22.5. The molecule has 0 saturated heterocycles. The summed E-state index contributed by atoms with van der Waals surface area (Å²) in [5.41, 5.74) is 5.27. The van der Waals surface area contributed by atoms with Crippen molar-refractivity contribution in [3.63, 3.8) is 0 Å². The Labute approximate surface area is 176 Å². The molecule has 29 heavy (non-hydrogen) atoms. The van der Waals surface area contributed by atoms with Crippen molar-refractivity contribution in [2.75, 3.05) is 29.1 Å². The summed E-state index contributed by atoms with van der Waals surface area (Å²) in [6.45, 7) is 8.23. The fourth-order valence-corrected chi connectivity index (χ4v) is 3.91. The Morgan fingerprint density at radius 2 is 1.76 bits per heavy atom. The smallest absolute Gasteiger partial charge is 0.234 e. The summed E-state index contributed by atoms with van der Waals surface area (Å²) in [6.07, 6.45) is 0.787. The van der Waals surface area contributed by atoms with E-state index in [1.807, 2.05) is 49.4 Å². The number of carbonyl (C=O) groups is 1. The summed E-state index contributed by atoms with van der Waals surface area (Å²) in [7, 11) is 0. The van der Waals surface area contributed by atoms with Gasteiger partial charge in [-0.2, -0.15) is 0 Å². The number of nitrogens with zero attached hydrogens (tertiary/aromatic N) is 2.